The van der Waals surface area contributed by atoms with Crippen molar-refractivity contribution in [3.63, 3.8) is 0 Å². The van der Waals surface area contributed by atoms with Gasteiger partial charge in [0.15, 0.2) is 0 Å². The summed E-state index contributed by atoms with van der Waals surface area (Å²) in [6.07, 6.45) is 0.906. The molecule has 1 heterocycles. The van der Waals surface area contributed by atoms with Gasteiger partial charge in [0.05, 0.1) is 17.5 Å². The van der Waals surface area contributed by atoms with Crippen molar-refractivity contribution in [1.29, 1.82) is 0 Å². The summed E-state index contributed by atoms with van der Waals surface area (Å²) in [4.78, 5) is 26.4. The monoisotopic (exact) mass is 287 g/mol. The molecule has 0 spiro atoms. The minimum Gasteiger partial charge on any atom is -0.274 e. The van der Waals surface area contributed by atoms with Crippen LogP contribution in [0.1, 0.15) is 6.42 Å². The molecule has 0 N–H and O–H groups in total. The van der Waals surface area contributed by atoms with Crippen molar-refractivity contribution in [3.05, 3.63) is 30.3 Å². The van der Waals surface area contributed by atoms with Crippen LogP contribution in [0.5, 0.6) is 0 Å². The Morgan fingerprint density at radius 1 is 1.10 bits per heavy atom. The highest BCUT2D eigenvalue weighted by atomic mass is 28.3. The molecule has 1 aromatic carbocycles. The lowest BCUT2D eigenvalue weighted by molar-refractivity contribution is -0.127. The third-order valence-electron chi connectivity index (χ3n) is 4.43. The van der Waals surface area contributed by atoms with E-state index < -0.39 is 8.07 Å². The van der Waals surface area contributed by atoms with Crippen LogP contribution in [0.2, 0.25) is 25.7 Å². The molecule has 2 fully saturated rings. The molecule has 2 aliphatic rings. The number of rotatable bonds is 3. The highest BCUT2D eigenvalue weighted by molar-refractivity contribution is 6.76. The van der Waals surface area contributed by atoms with E-state index in [1.165, 1.54) is 4.90 Å². The number of carbonyl (C=O) groups is 2. The van der Waals surface area contributed by atoms with Gasteiger partial charge in [-0.2, -0.15) is 0 Å². The van der Waals surface area contributed by atoms with Crippen molar-refractivity contribution >= 4 is 25.6 Å². The maximum absolute atomic E-state index is 12.6. The van der Waals surface area contributed by atoms with Gasteiger partial charge < -0.3 is 0 Å². The van der Waals surface area contributed by atoms with Gasteiger partial charge >= 0.3 is 0 Å². The quantitative estimate of drug-likeness (QED) is 0.632. The fourth-order valence-electron chi connectivity index (χ4n) is 3.63. The highest BCUT2D eigenvalue weighted by Gasteiger charge is 2.58. The van der Waals surface area contributed by atoms with Gasteiger partial charge in [-0.1, -0.05) is 43.9 Å². The topological polar surface area (TPSA) is 37.4 Å². The molecule has 1 aliphatic heterocycles. The van der Waals surface area contributed by atoms with Gasteiger partial charge in [0.2, 0.25) is 11.8 Å². The zero-order valence-electron chi connectivity index (χ0n) is 12.3. The number of hydrogen-bond donors (Lipinski definition) is 0. The number of fused-ring (bicyclic) bond motifs is 1. The van der Waals surface area contributed by atoms with Crippen molar-refractivity contribution in [2.75, 3.05) is 4.90 Å². The van der Waals surface area contributed by atoms with E-state index >= 15 is 0 Å². The van der Waals surface area contributed by atoms with Gasteiger partial charge in [0.25, 0.3) is 0 Å². The molecule has 3 atom stereocenters. The zero-order chi connectivity index (χ0) is 14.5. The third-order valence-corrected chi connectivity index (χ3v) is 6.18. The van der Waals surface area contributed by atoms with Gasteiger partial charge in [0, 0.05) is 8.07 Å². The molecule has 1 aromatic rings. The summed E-state index contributed by atoms with van der Waals surface area (Å²) in [5.41, 5.74) is 0.726. The first kappa shape index (κ1) is 13.6. The fourth-order valence-corrected chi connectivity index (χ4v) is 5.63. The average molecular weight is 287 g/mol. The average Bonchev–Trinajstić information content (AvgIpc) is 2.53. The Labute approximate surface area is 121 Å². The lowest BCUT2D eigenvalue weighted by Crippen LogP contribution is -2.42. The Morgan fingerprint density at radius 2 is 1.75 bits per heavy atom. The molecule has 0 bridgehead atoms. The van der Waals surface area contributed by atoms with Crippen LogP contribution in [-0.2, 0) is 9.59 Å². The minimum absolute atomic E-state index is 0.0121. The smallest absolute Gasteiger partial charge is 0.237 e. The number of amides is 2. The van der Waals surface area contributed by atoms with Gasteiger partial charge in [-0.15, -0.1) is 0 Å². The van der Waals surface area contributed by atoms with Crippen LogP contribution in [0.15, 0.2) is 30.3 Å². The fraction of sp³-hybridized carbons (Fsp3) is 0.500. The number of para-hydroxylation sites is 1. The summed E-state index contributed by atoms with van der Waals surface area (Å²) in [6, 6.07) is 10.5. The molecule has 3 rings (SSSR count). The van der Waals surface area contributed by atoms with Crippen LogP contribution in [0, 0.1) is 17.8 Å². The Hall–Kier alpha value is -1.42. The second kappa shape index (κ2) is 4.55. The molecule has 20 heavy (non-hydrogen) atoms. The first-order valence-corrected chi connectivity index (χ1v) is 11.0. The molecule has 4 heteroatoms. The molecule has 0 unspecified atom stereocenters. The van der Waals surface area contributed by atoms with Gasteiger partial charge in [-0.3, -0.25) is 14.5 Å². The maximum Gasteiger partial charge on any atom is 0.237 e. The van der Waals surface area contributed by atoms with E-state index in [2.05, 4.69) is 19.6 Å². The normalized spacial score (nSPS) is 29.4. The molecule has 3 nitrogen and oxygen atoms in total. The highest BCUT2D eigenvalue weighted by Crippen LogP contribution is 2.51. The Morgan fingerprint density at radius 3 is 2.35 bits per heavy atom. The minimum atomic E-state index is -1.18. The van der Waals surface area contributed by atoms with Crippen molar-refractivity contribution in [3.8, 4) is 0 Å². The summed E-state index contributed by atoms with van der Waals surface area (Å²) in [5.74, 6) is 0.369. The Balaban J connectivity index is 1.82. The molecular weight excluding hydrogens is 266 g/mol. The predicted octanol–water partition coefficient (Wildman–Crippen LogP) is 3.15. The van der Waals surface area contributed by atoms with Crippen molar-refractivity contribution in [2.45, 2.75) is 32.1 Å². The lowest BCUT2D eigenvalue weighted by Gasteiger charge is -2.39. The molecule has 106 valence electrons. The number of carbonyl (C=O) groups excluding carboxylic acids is 2. The molecule has 0 aromatic heterocycles. The van der Waals surface area contributed by atoms with E-state index in [0.29, 0.717) is 5.92 Å². The van der Waals surface area contributed by atoms with Crippen LogP contribution in [0.3, 0.4) is 0 Å². The summed E-state index contributed by atoms with van der Waals surface area (Å²) >= 11 is 0. The van der Waals surface area contributed by atoms with Gasteiger partial charge in [-0.05, 0) is 24.5 Å². The van der Waals surface area contributed by atoms with Gasteiger partial charge in [0.1, 0.15) is 0 Å². The summed E-state index contributed by atoms with van der Waals surface area (Å²) < 4.78 is 0. The van der Waals surface area contributed by atoms with Crippen molar-refractivity contribution < 1.29 is 9.59 Å². The second-order valence-corrected chi connectivity index (χ2v) is 12.8. The van der Waals surface area contributed by atoms with E-state index in [-0.39, 0.29) is 23.7 Å². The van der Waals surface area contributed by atoms with Crippen LogP contribution in [0.25, 0.3) is 0 Å². The lowest BCUT2D eigenvalue weighted by atomic mass is 9.67. The van der Waals surface area contributed by atoms with E-state index in [1.807, 2.05) is 30.3 Å². The number of nitrogens with zero attached hydrogens (tertiary/aromatic N) is 1. The van der Waals surface area contributed by atoms with Crippen molar-refractivity contribution in [2.24, 2.45) is 17.8 Å². The molecule has 0 radical (unpaired) electrons. The third kappa shape index (κ3) is 2.12. The van der Waals surface area contributed by atoms with Crippen molar-refractivity contribution in [1.82, 2.24) is 0 Å². The Kier molecular flexibility index (Phi) is 3.08. The number of hydrogen-bond acceptors (Lipinski definition) is 2. The van der Waals surface area contributed by atoms with Crippen LogP contribution < -0.4 is 4.90 Å². The molecule has 2 amide bonds. The first-order chi connectivity index (χ1) is 9.38. The van der Waals surface area contributed by atoms with Crippen LogP contribution in [0.4, 0.5) is 5.69 Å². The molecular formula is C16H21NO2Si. The van der Waals surface area contributed by atoms with E-state index in [0.717, 1.165) is 18.2 Å². The molecule has 1 saturated carbocycles. The number of anilines is 1. The van der Waals surface area contributed by atoms with E-state index in [9.17, 15) is 9.59 Å². The van der Waals surface area contributed by atoms with Crippen LogP contribution in [-0.4, -0.2) is 19.9 Å². The summed E-state index contributed by atoms with van der Waals surface area (Å²) in [7, 11) is -1.18. The molecule has 1 saturated heterocycles. The van der Waals surface area contributed by atoms with E-state index in [4.69, 9.17) is 0 Å². The summed E-state index contributed by atoms with van der Waals surface area (Å²) in [6.45, 7) is 6.99. The SMILES string of the molecule is C[Si](C)(C)C[C@H]1C[C@@H]2C(=O)N(c3ccccc3)C(=O)[C@H]12. The zero-order valence-corrected chi connectivity index (χ0v) is 13.3. The second-order valence-electron chi connectivity index (χ2n) is 7.24. The number of imide groups is 1. The maximum atomic E-state index is 12.6. The number of benzene rings is 1. The van der Waals surface area contributed by atoms with Gasteiger partial charge in [-0.25, -0.2) is 0 Å². The van der Waals surface area contributed by atoms with Crippen LogP contribution >= 0.6 is 0 Å². The Bertz CT molecular complexity index is 549. The first-order valence-electron chi connectivity index (χ1n) is 7.31. The predicted molar refractivity (Wildman–Crippen MR) is 82.2 cm³/mol. The standard InChI is InChI=1S/C16H21NO2Si/c1-20(2,3)10-11-9-13-14(11)16(19)17(15(13)18)12-7-5-4-6-8-12/h4-8,11,13-14H,9-10H2,1-3H3/t11-,13+,14-/m1/s1. The van der Waals surface area contributed by atoms with E-state index in [1.54, 1.807) is 0 Å². The molecule has 1 aliphatic carbocycles. The largest absolute Gasteiger partial charge is 0.274 e. The summed E-state index contributed by atoms with van der Waals surface area (Å²) in [5, 5.41) is 0.